The van der Waals surface area contributed by atoms with E-state index in [1.165, 1.54) is 11.8 Å². The molecule has 2 aromatic carbocycles. The number of halogens is 3. The van der Waals surface area contributed by atoms with Gasteiger partial charge in [-0.05, 0) is 31.2 Å². The lowest BCUT2D eigenvalue weighted by molar-refractivity contribution is -0.126. The number of para-hydroxylation sites is 1. The van der Waals surface area contributed by atoms with Crippen LogP contribution >= 0.6 is 23.2 Å². The van der Waals surface area contributed by atoms with Crippen LogP contribution in [0.1, 0.15) is 17.3 Å². The van der Waals surface area contributed by atoms with Crippen LogP contribution in [0.2, 0.25) is 10.0 Å². The number of amides is 1. The van der Waals surface area contributed by atoms with Crippen LogP contribution in [0.15, 0.2) is 42.5 Å². The third-order valence-electron chi connectivity index (χ3n) is 3.34. The topological polar surface area (TPSA) is 46.6 Å². The number of hydrogen-bond acceptors (Lipinski definition) is 3. The summed E-state index contributed by atoms with van der Waals surface area (Å²) in [5, 5.41) is -0.257. The molecule has 0 saturated carbocycles. The fourth-order valence-corrected chi connectivity index (χ4v) is 2.47. The maximum absolute atomic E-state index is 13.5. The molecule has 0 N–H and O–H groups in total. The number of hydrogen-bond donors (Lipinski definition) is 0. The van der Waals surface area contributed by atoms with Gasteiger partial charge >= 0.3 is 5.97 Å². The molecule has 0 aliphatic carbocycles. The average Bonchev–Trinajstić information content (AvgIpc) is 2.57. The molecule has 4 nitrogen and oxygen atoms in total. The summed E-state index contributed by atoms with van der Waals surface area (Å²) in [5.41, 5.74) is 0.460. The van der Waals surface area contributed by atoms with Crippen molar-refractivity contribution in [2.75, 3.05) is 11.9 Å². The number of nitrogens with zero attached hydrogens (tertiary/aromatic N) is 1. The molecule has 0 unspecified atom stereocenters. The quantitative estimate of drug-likeness (QED) is 0.594. The van der Waals surface area contributed by atoms with Crippen molar-refractivity contribution < 1.29 is 18.7 Å². The molecule has 0 radical (unpaired) electrons. The molecule has 7 heteroatoms. The lowest BCUT2D eigenvalue weighted by Gasteiger charge is -2.21. The average molecular weight is 370 g/mol. The molecular weight excluding hydrogens is 356 g/mol. The van der Waals surface area contributed by atoms with Crippen molar-refractivity contribution in [3.63, 3.8) is 0 Å². The van der Waals surface area contributed by atoms with Gasteiger partial charge in [-0.25, -0.2) is 9.18 Å². The summed E-state index contributed by atoms with van der Waals surface area (Å²) in [6.07, 6.45) is -1.07. The van der Waals surface area contributed by atoms with Crippen molar-refractivity contribution in [3.8, 4) is 0 Å². The van der Waals surface area contributed by atoms with Gasteiger partial charge in [0, 0.05) is 12.7 Å². The lowest BCUT2D eigenvalue weighted by Crippen LogP contribution is -2.37. The standard InChI is InChI=1S/C17H14Cl2FNO3/c1-10(16(22)21(2)11-6-4-3-5-7-11)24-17(23)12-8-15(20)14(19)9-13(12)18/h3-10H,1-2H3/t10-/m1/s1. The number of carbonyl (C=O) groups excluding carboxylic acids is 2. The minimum absolute atomic E-state index is 0.0533. The van der Waals surface area contributed by atoms with Crippen molar-refractivity contribution in [2.24, 2.45) is 0 Å². The predicted molar refractivity (Wildman–Crippen MR) is 91.1 cm³/mol. The number of esters is 1. The van der Waals surface area contributed by atoms with E-state index in [1.807, 2.05) is 6.07 Å². The second-order valence-corrected chi connectivity index (χ2v) is 5.84. The van der Waals surface area contributed by atoms with Crippen LogP contribution in [0.3, 0.4) is 0 Å². The van der Waals surface area contributed by atoms with E-state index in [4.69, 9.17) is 27.9 Å². The number of anilines is 1. The summed E-state index contributed by atoms with van der Waals surface area (Å²) in [6, 6.07) is 10.9. The molecule has 0 heterocycles. The first-order valence-corrected chi connectivity index (χ1v) is 7.75. The van der Waals surface area contributed by atoms with E-state index in [1.54, 1.807) is 31.3 Å². The minimum Gasteiger partial charge on any atom is -0.449 e. The summed E-state index contributed by atoms with van der Waals surface area (Å²) < 4.78 is 18.6. The first-order chi connectivity index (χ1) is 11.3. The molecule has 2 rings (SSSR count). The Morgan fingerprint density at radius 3 is 2.38 bits per heavy atom. The van der Waals surface area contributed by atoms with E-state index in [0.29, 0.717) is 5.69 Å². The molecule has 1 atom stereocenters. The molecule has 0 bridgehead atoms. The molecule has 1 amide bonds. The van der Waals surface area contributed by atoms with Gasteiger partial charge < -0.3 is 9.64 Å². The zero-order chi connectivity index (χ0) is 17.9. The van der Waals surface area contributed by atoms with E-state index in [9.17, 15) is 14.0 Å². The Morgan fingerprint density at radius 2 is 1.75 bits per heavy atom. The maximum atomic E-state index is 13.5. The Bertz CT molecular complexity index is 768. The molecule has 24 heavy (non-hydrogen) atoms. The number of carbonyl (C=O) groups is 2. The second kappa shape index (κ2) is 7.64. The van der Waals surface area contributed by atoms with Crippen molar-refractivity contribution in [2.45, 2.75) is 13.0 Å². The van der Waals surface area contributed by atoms with Crippen LogP contribution in [-0.2, 0) is 9.53 Å². The van der Waals surface area contributed by atoms with Crippen LogP contribution in [-0.4, -0.2) is 25.0 Å². The fourth-order valence-electron chi connectivity index (χ4n) is 2.00. The molecule has 0 aliphatic heterocycles. The largest absolute Gasteiger partial charge is 0.449 e. The lowest BCUT2D eigenvalue weighted by atomic mass is 10.2. The van der Waals surface area contributed by atoms with Crippen molar-refractivity contribution in [1.82, 2.24) is 0 Å². The predicted octanol–water partition coefficient (Wildman–Crippen LogP) is 4.34. The van der Waals surface area contributed by atoms with Gasteiger partial charge in [0.1, 0.15) is 5.82 Å². The van der Waals surface area contributed by atoms with Crippen LogP contribution in [0.4, 0.5) is 10.1 Å². The van der Waals surface area contributed by atoms with Crippen molar-refractivity contribution in [3.05, 3.63) is 63.9 Å². The number of ether oxygens (including phenoxy) is 1. The summed E-state index contributed by atoms with van der Waals surface area (Å²) >= 11 is 11.5. The van der Waals surface area contributed by atoms with E-state index >= 15 is 0 Å². The molecule has 2 aromatic rings. The first kappa shape index (κ1) is 18.2. The highest BCUT2D eigenvalue weighted by atomic mass is 35.5. The summed E-state index contributed by atoms with van der Waals surface area (Å²) in [6.45, 7) is 1.43. The van der Waals surface area contributed by atoms with E-state index < -0.39 is 23.8 Å². The number of rotatable bonds is 4. The van der Waals surface area contributed by atoms with Gasteiger partial charge in [0.2, 0.25) is 0 Å². The molecular formula is C17H14Cl2FNO3. The molecule has 0 aromatic heterocycles. The SMILES string of the molecule is C[C@@H](OC(=O)c1cc(F)c(Cl)cc1Cl)C(=O)N(C)c1ccccc1. The second-order valence-electron chi connectivity index (χ2n) is 5.03. The van der Waals surface area contributed by atoms with Gasteiger partial charge in [-0.2, -0.15) is 0 Å². The van der Waals surface area contributed by atoms with Crippen LogP contribution < -0.4 is 4.90 Å². The Kier molecular flexibility index (Phi) is 5.80. The number of likely N-dealkylation sites (N-methyl/N-ethyl adjacent to an activating group) is 1. The van der Waals surface area contributed by atoms with Crippen LogP contribution in [0.25, 0.3) is 0 Å². The Balaban J connectivity index is 2.11. The van der Waals surface area contributed by atoms with Gasteiger partial charge in [0.05, 0.1) is 15.6 Å². The van der Waals surface area contributed by atoms with Crippen molar-refractivity contribution in [1.29, 1.82) is 0 Å². The van der Waals surface area contributed by atoms with Gasteiger partial charge in [0.25, 0.3) is 5.91 Å². The normalized spacial score (nSPS) is 11.7. The van der Waals surface area contributed by atoms with Crippen molar-refractivity contribution >= 4 is 40.8 Å². The Morgan fingerprint density at radius 1 is 1.12 bits per heavy atom. The fraction of sp³-hybridized carbons (Fsp3) is 0.176. The highest BCUT2D eigenvalue weighted by Crippen LogP contribution is 2.25. The van der Waals surface area contributed by atoms with E-state index in [0.717, 1.165) is 12.1 Å². The third kappa shape index (κ3) is 4.04. The molecule has 0 spiro atoms. The highest BCUT2D eigenvalue weighted by Gasteiger charge is 2.24. The van der Waals surface area contributed by atoms with Gasteiger partial charge in [0.15, 0.2) is 6.10 Å². The van der Waals surface area contributed by atoms with Gasteiger partial charge in [-0.1, -0.05) is 41.4 Å². The first-order valence-electron chi connectivity index (χ1n) is 6.99. The maximum Gasteiger partial charge on any atom is 0.340 e. The van der Waals surface area contributed by atoms with Crippen LogP contribution in [0, 0.1) is 5.82 Å². The molecule has 0 fully saturated rings. The van der Waals surface area contributed by atoms with E-state index in [-0.39, 0.29) is 15.6 Å². The summed E-state index contributed by atoms with van der Waals surface area (Å²) in [5.74, 6) is -2.13. The molecule has 0 saturated heterocycles. The molecule has 126 valence electrons. The smallest absolute Gasteiger partial charge is 0.340 e. The summed E-state index contributed by atoms with van der Waals surface area (Å²) in [4.78, 5) is 25.8. The van der Waals surface area contributed by atoms with Gasteiger partial charge in [-0.15, -0.1) is 0 Å². The Labute approximate surface area is 148 Å². The Hall–Kier alpha value is -2.11. The number of benzene rings is 2. The monoisotopic (exact) mass is 369 g/mol. The highest BCUT2D eigenvalue weighted by molar-refractivity contribution is 6.36. The van der Waals surface area contributed by atoms with E-state index in [2.05, 4.69) is 0 Å². The summed E-state index contributed by atoms with van der Waals surface area (Å²) in [7, 11) is 1.57. The van der Waals surface area contributed by atoms with Gasteiger partial charge in [-0.3, -0.25) is 4.79 Å². The van der Waals surface area contributed by atoms with Crippen LogP contribution in [0.5, 0.6) is 0 Å². The minimum atomic E-state index is -1.07. The zero-order valence-electron chi connectivity index (χ0n) is 12.9. The molecule has 0 aliphatic rings. The zero-order valence-corrected chi connectivity index (χ0v) is 14.4. The third-order valence-corrected chi connectivity index (χ3v) is 3.94.